The van der Waals surface area contributed by atoms with Crippen molar-refractivity contribution in [2.75, 3.05) is 19.0 Å². The second-order valence-electron chi connectivity index (χ2n) is 6.62. The van der Waals surface area contributed by atoms with Crippen molar-refractivity contribution in [1.29, 1.82) is 0 Å². The summed E-state index contributed by atoms with van der Waals surface area (Å²) in [6.45, 7) is 5.18. The third-order valence-electron chi connectivity index (χ3n) is 4.49. The van der Waals surface area contributed by atoms with E-state index < -0.39 is 0 Å². The molecule has 1 aliphatic heterocycles. The van der Waals surface area contributed by atoms with E-state index in [2.05, 4.69) is 10.2 Å². The number of carbonyl (C=O) groups is 1. The summed E-state index contributed by atoms with van der Waals surface area (Å²) in [7, 11) is 0. The first-order chi connectivity index (χ1) is 13.6. The van der Waals surface area contributed by atoms with Gasteiger partial charge in [-0.3, -0.25) is 9.36 Å². The van der Waals surface area contributed by atoms with Gasteiger partial charge in [-0.25, -0.2) is 0 Å². The van der Waals surface area contributed by atoms with E-state index in [1.165, 1.54) is 17.3 Å². The molecule has 2 aromatic carbocycles. The molecule has 0 aliphatic carbocycles. The van der Waals surface area contributed by atoms with Crippen LogP contribution in [0.4, 0.5) is 0 Å². The molecule has 0 unspecified atom stereocenters. The molecular weight excluding hydrogens is 374 g/mol. The van der Waals surface area contributed by atoms with Crippen LogP contribution in [0.25, 0.3) is 5.69 Å². The van der Waals surface area contributed by atoms with Crippen molar-refractivity contribution in [3.8, 4) is 17.2 Å². The summed E-state index contributed by atoms with van der Waals surface area (Å²) < 4.78 is 13.3. The molecule has 0 saturated heterocycles. The lowest BCUT2D eigenvalue weighted by molar-refractivity contribution is 0.102. The summed E-state index contributed by atoms with van der Waals surface area (Å²) in [5.41, 5.74) is 2.78. The molecule has 144 valence electrons. The minimum absolute atomic E-state index is 0.0109. The molecule has 3 aromatic rings. The number of ether oxygens (including phenoxy) is 2. The standard InChI is InChI=1S/C21H21N3O3S/c1-14-4-7-17(8-5-14)24-15(2)22-23-21(24)28-13-18(25)16-6-9-19-20(12-16)27-11-3-10-26-19/h4-9,12H,3,10-11,13H2,1-2H3. The molecule has 0 atom stereocenters. The fraction of sp³-hybridized carbons (Fsp3) is 0.286. The second kappa shape index (κ2) is 8.06. The highest BCUT2D eigenvalue weighted by Gasteiger charge is 2.17. The average Bonchev–Trinajstić information content (AvgIpc) is 2.92. The fourth-order valence-corrected chi connectivity index (χ4v) is 3.87. The number of hydrogen-bond donors (Lipinski definition) is 0. The lowest BCUT2D eigenvalue weighted by Crippen LogP contribution is -2.05. The molecule has 28 heavy (non-hydrogen) atoms. The van der Waals surface area contributed by atoms with Gasteiger partial charge in [-0.2, -0.15) is 0 Å². The molecular formula is C21H21N3O3S. The minimum atomic E-state index is 0.0109. The Bertz CT molecular complexity index is 999. The number of benzene rings is 2. The predicted molar refractivity (Wildman–Crippen MR) is 108 cm³/mol. The maximum Gasteiger partial charge on any atom is 0.196 e. The highest BCUT2D eigenvalue weighted by Crippen LogP contribution is 2.31. The molecule has 6 nitrogen and oxygen atoms in total. The Morgan fingerprint density at radius 1 is 1.04 bits per heavy atom. The van der Waals surface area contributed by atoms with Crippen LogP contribution >= 0.6 is 11.8 Å². The number of aromatic nitrogens is 3. The van der Waals surface area contributed by atoms with Gasteiger partial charge in [-0.1, -0.05) is 29.5 Å². The van der Waals surface area contributed by atoms with E-state index in [9.17, 15) is 4.79 Å². The van der Waals surface area contributed by atoms with Crippen LogP contribution in [0, 0.1) is 13.8 Å². The number of Topliss-reactive ketones (excluding diaryl/α,β-unsaturated/α-hetero) is 1. The number of fused-ring (bicyclic) bond motifs is 1. The van der Waals surface area contributed by atoms with E-state index >= 15 is 0 Å². The SMILES string of the molecule is Cc1ccc(-n2c(C)nnc2SCC(=O)c2ccc3c(c2)OCCCO3)cc1. The Labute approximate surface area is 167 Å². The van der Waals surface area contributed by atoms with Gasteiger partial charge in [-0.05, 0) is 44.2 Å². The van der Waals surface area contributed by atoms with Crippen LogP contribution in [0.1, 0.15) is 28.2 Å². The number of thioether (sulfide) groups is 1. The van der Waals surface area contributed by atoms with Gasteiger partial charge in [0.2, 0.25) is 0 Å². The zero-order valence-electron chi connectivity index (χ0n) is 15.8. The number of carbonyl (C=O) groups excluding carboxylic acids is 1. The number of rotatable bonds is 5. The summed E-state index contributed by atoms with van der Waals surface area (Å²) in [6, 6.07) is 13.5. The van der Waals surface area contributed by atoms with E-state index in [1.807, 2.05) is 42.7 Å². The summed E-state index contributed by atoms with van der Waals surface area (Å²) in [4.78, 5) is 12.7. The highest BCUT2D eigenvalue weighted by molar-refractivity contribution is 7.99. The van der Waals surface area contributed by atoms with Crippen LogP contribution in [-0.4, -0.2) is 39.5 Å². The second-order valence-corrected chi connectivity index (χ2v) is 7.57. The highest BCUT2D eigenvalue weighted by atomic mass is 32.2. The Morgan fingerprint density at radius 2 is 1.79 bits per heavy atom. The van der Waals surface area contributed by atoms with E-state index in [4.69, 9.17) is 9.47 Å². The van der Waals surface area contributed by atoms with Gasteiger partial charge < -0.3 is 9.47 Å². The van der Waals surface area contributed by atoms with Gasteiger partial charge in [0.15, 0.2) is 22.4 Å². The number of hydrogen-bond acceptors (Lipinski definition) is 6. The third kappa shape index (κ3) is 3.89. The van der Waals surface area contributed by atoms with Gasteiger partial charge in [0.25, 0.3) is 0 Å². The number of ketones is 1. The maximum absolute atomic E-state index is 12.7. The third-order valence-corrected chi connectivity index (χ3v) is 5.42. The molecule has 4 rings (SSSR count). The zero-order valence-corrected chi connectivity index (χ0v) is 16.7. The Balaban J connectivity index is 1.50. The van der Waals surface area contributed by atoms with Crippen LogP contribution in [0.15, 0.2) is 47.6 Å². The van der Waals surface area contributed by atoms with Crippen molar-refractivity contribution in [3.63, 3.8) is 0 Å². The molecule has 0 radical (unpaired) electrons. The van der Waals surface area contributed by atoms with Crippen molar-refractivity contribution in [2.24, 2.45) is 0 Å². The molecule has 0 amide bonds. The molecule has 0 saturated carbocycles. The monoisotopic (exact) mass is 395 g/mol. The van der Waals surface area contributed by atoms with Crippen LogP contribution in [0.5, 0.6) is 11.5 Å². The van der Waals surface area contributed by atoms with Crippen molar-refractivity contribution in [3.05, 3.63) is 59.4 Å². The Morgan fingerprint density at radius 3 is 2.57 bits per heavy atom. The van der Waals surface area contributed by atoms with Gasteiger partial charge in [0.05, 0.1) is 19.0 Å². The zero-order chi connectivity index (χ0) is 19.5. The van der Waals surface area contributed by atoms with Crippen LogP contribution < -0.4 is 9.47 Å². The van der Waals surface area contributed by atoms with Crippen molar-refractivity contribution < 1.29 is 14.3 Å². The molecule has 0 fully saturated rings. The molecule has 0 bridgehead atoms. The topological polar surface area (TPSA) is 66.2 Å². The summed E-state index contributed by atoms with van der Waals surface area (Å²) >= 11 is 1.38. The minimum Gasteiger partial charge on any atom is -0.490 e. The molecule has 7 heteroatoms. The predicted octanol–water partition coefficient (Wildman–Crippen LogP) is 4.02. The fourth-order valence-electron chi connectivity index (χ4n) is 2.98. The Kier molecular flexibility index (Phi) is 5.34. The van der Waals surface area contributed by atoms with Crippen LogP contribution in [0.3, 0.4) is 0 Å². The van der Waals surface area contributed by atoms with Gasteiger partial charge >= 0.3 is 0 Å². The lowest BCUT2D eigenvalue weighted by atomic mass is 10.1. The largest absolute Gasteiger partial charge is 0.490 e. The van der Waals surface area contributed by atoms with E-state index in [0.29, 0.717) is 35.4 Å². The van der Waals surface area contributed by atoms with Crippen LogP contribution in [-0.2, 0) is 0 Å². The van der Waals surface area contributed by atoms with Crippen molar-refractivity contribution >= 4 is 17.5 Å². The normalized spacial score (nSPS) is 13.2. The van der Waals surface area contributed by atoms with E-state index in [0.717, 1.165) is 17.9 Å². The molecule has 0 spiro atoms. The van der Waals surface area contributed by atoms with Gasteiger partial charge in [0, 0.05) is 17.7 Å². The van der Waals surface area contributed by atoms with Crippen LogP contribution in [0.2, 0.25) is 0 Å². The smallest absolute Gasteiger partial charge is 0.196 e. The quantitative estimate of drug-likeness (QED) is 0.480. The van der Waals surface area contributed by atoms with E-state index in [-0.39, 0.29) is 11.5 Å². The number of aryl methyl sites for hydroxylation is 2. The summed E-state index contributed by atoms with van der Waals surface area (Å²) in [5.74, 6) is 2.39. The molecule has 1 aliphatic rings. The first-order valence-electron chi connectivity index (χ1n) is 9.16. The van der Waals surface area contributed by atoms with Crippen molar-refractivity contribution in [2.45, 2.75) is 25.4 Å². The van der Waals surface area contributed by atoms with Gasteiger partial charge in [-0.15, -0.1) is 10.2 Å². The summed E-state index contributed by atoms with van der Waals surface area (Å²) in [6.07, 6.45) is 0.835. The molecule has 1 aromatic heterocycles. The van der Waals surface area contributed by atoms with Crippen molar-refractivity contribution in [1.82, 2.24) is 14.8 Å². The number of nitrogens with zero attached hydrogens (tertiary/aromatic N) is 3. The first kappa shape index (κ1) is 18.6. The maximum atomic E-state index is 12.7. The van der Waals surface area contributed by atoms with E-state index in [1.54, 1.807) is 18.2 Å². The van der Waals surface area contributed by atoms with Gasteiger partial charge in [0.1, 0.15) is 5.82 Å². The molecule has 2 heterocycles. The molecule has 0 N–H and O–H groups in total. The lowest BCUT2D eigenvalue weighted by Gasteiger charge is -2.10. The summed E-state index contributed by atoms with van der Waals surface area (Å²) in [5, 5.41) is 9.12. The average molecular weight is 395 g/mol. The first-order valence-corrected chi connectivity index (χ1v) is 10.1. The Hall–Kier alpha value is -2.80.